The van der Waals surface area contributed by atoms with Crippen molar-refractivity contribution >= 4 is 38.9 Å². The largest absolute Gasteiger partial charge is 0.481 e. The molecule has 0 spiro atoms. The van der Waals surface area contributed by atoms with E-state index in [4.69, 9.17) is 5.11 Å². The molecule has 21 heavy (non-hydrogen) atoms. The first-order valence-corrected chi connectivity index (χ1v) is 7.36. The monoisotopic (exact) mass is 309 g/mol. The predicted octanol–water partition coefficient (Wildman–Crippen LogP) is 3.12. The minimum Gasteiger partial charge on any atom is -0.481 e. The van der Waals surface area contributed by atoms with Crippen molar-refractivity contribution in [3.05, 3.63) is 27.8 Å². The van der Waals surface area contributed by atoms with E-state index in [0.29, 0.717) is 30.6 Å². The summed E-state index contributed by atoms with van der Waals surface area (Å²) in [6, 6.07) is 3.46. The van der Waals surface area contributed by atoms with Gasteiger partial charge in [-0.2, -0.15) is 0 Å². The van der Waals surface area contributed by atoms with Gasteiger partial charge in [-0.05, 0) is 25.0 Å². The van der Waals surface area contributed by atoms with Gasteiger partial charge in [0.15, 0.2) is 5.52 Å². The van der Waals surface area contributed by atoms with Crippen LogP contribution in [0.3, 0.4) is 0 Å². The molecule has 1 aromatic heterocycles. The SMILES string of the molecule is CC(CCCNc1ccc2scnc2c1[N+](=O)[O-])C(=O)O. The number of carboxylic acid groups (broad SMARTS) is 1. The smallest absolute Gasteiger partial charge is 0.319 e. The van der Waals surface area contributed by atoms with Gasteiger partial charge in [0.25, 0.3) is 0 Å². The Balaban J connectivity index is 2.06. The van der Waals surface area contributed by atoms with Crippen molar-refractivity contribution in [1.29, 1.82) is 0 Å². The van der Waals surface area contributed by atoms with Gasteiger partial charge in [0.2, 0.25) is 0 Å². The molecule has 0 aliphatic carbocycles. The summed E-state index contributed by atoms with van der Waals surface area (Å²) >= 11 is 1.35. The van der Waals surface area contributed by atoms with Crippen LogP contribution < -0.4 is 5.32 Å². The van der Waals surface area contributed by atoms with E-state index in [1.807, 2.05) is 0 Å². The molecule has 112 valence electrons. The van der Waals surface area contributed by atoms with E-state index >= 15 is 0 Å². The average Bonchev–Trinajstić information content (AvgIpc) is 2.90. The maximum absolute atomic E-state index is 11.2. The van der Waals surface area contributed by atoms with Crippen LogP contribution in [0.15, 0.2) is 17.6 Å². The van der Waals surface area contributed by atoms with E-state index in [1.165, 1.54) is 11.3 Å². The van der Waals surface area contributed by atoms with Crippen LogP contribution in [-0.4, -0.2) is 27.5 Å². The molecular formula is C13H15N3O4S. The third-order valence-corrected chi connectivity index (χ3v) is 4.00. The Labute approximate surface area is 124 Å². The van der Waals surface area contributed by atoms with Crippen molar-refractivity contribution in [3.8, 4) is 0 Å². The average molecular weight is 309 g/mol. The third-order valence-electron chi connectivity index (χ3n) is 3.21. The summed E-state index contributed by atoms with van der Waals surface area (Å²) in [4.78, 5) is 25.5. The molecule has 2 rings (SSSR count). The van der Waals surface area contributed by atoms with Gasteiger partial charge >= 0.3 is 11.7 Å². The highest BCUT2D eigenvalue weighted by Gasteiger charge is 2.20. The van der Waals surface area contributed by atoms with Crippen molar-refractivity contribution in [2.45, 2.75) is 19.8 Å². The molecule has 1 aromatic carbocycles. The molecule has 0 aliphatic heterocycles. The maximum Gasteiger partial charge on any atom is 0.319 e. The maximum atomic E-state index is 11.2. The molecule has 7 nitrogen and oxygen atoms in total. The van der Waals surface area contributed by atoms with E-state index in [0.717, 1.165) is 4.70 Å². The number of nitrogens with one attached hydrogen (secondary N) is 1. The normalized spacial score (nSPS) is 12.2. The quantitative estimate of drug-likeness (QED) is 0.462. The number of rotatable bonds is 7. The minimum atomic E-state index is -0.829. The fraction of sp³-hybridized carbons (Fsp3) is 0.385. The van der Waals surface area contributed by atoms with E-state index in [-0.39, 0.29) is 5.69 Å². The van der Waals surface area contributed by atoms with Gasteiger partial charge in [0, 0.05) is 6.54 Å². The number of fused-ring (bicyclic) bond motifs is 1. The summed E-state index contributed by atoms with van der Waals surface area (Å²) < 4.78 is 0.770. The summed E-state index contributed by atoms with van der Waals surface area (Å²) in [5, 5.41) is 23.0. The van der Waals surface area contributed by atoms with Crippen LogP contribution in [0.5, 0.6) is 0 Å². The van der Waals surface area contributed by atoms with Crippen LogP contribution in [0.2, 0.25) is 0 Å². The fourth-order valence-corrected chi connectivity index (χ4v) is 2.68. The number of benzene rings is 1. The first-order chi connectivity index (χ1) is 10.0. The lowest BCUT2D eigenvalue weighted by molar-refractivity contribution is -0.382. The van der Waals surface area contributed by atoms with Crippen LogP contribution in [0.25, 0.3) is 10.2 Å². The highest BCUT2D eigenvalue weighted by molar-refractivity contribution is 7.16. The topological polar surface area (TPSA) is 105 Å². The van der Waals surface area contributed by atoms with Gasteiger partial charge < -0.3 is 10.4 Å². The molecule has 1 atom stereocenters. The van der Waals surface area contributed by atoms with Crippen molar-refractivity contribution in [1.82, 2.24) is 4.98 Å². The number of nitro groups is 1. The van der Waals surface area contributed by atoms with Crippen LogP contribution >= 0.6 is 11.3 Å². The summed E-state index contributed by atoms with van der Waals surface area (Å²) in [5.74, 6) is -1.24. The minimum absolute atomic E-state index is 0.0277. The molecule has 1 unspecified atom stereocenters. The number of hydrogen-bond donors (Lipinski definition) is 2. The molecule has 1 heterocycles. The summed E-state index contributed by atoms with van der Waals surface area (Å²) in [6.07, 6.45) is 1.15. The Morgan fingerprint density at radius 3 is 3.00 bits per heavy atom. The van der Waals surface area contributed by atoms with E-state index < -0.39 is 16.8 Å². The van der Waals surface area contributed by atoms with Crippen LogP contribution in [0.1, 0.15) is 19.8 Å². The zero-order valence-corrected chi connectivity index (χ0v) is 12.2. The second-order valence-electron chi connectivity index (χ2n) is 4.73. The van der Waals surface area contributed by atoms with Gasteiger partial charge in [-0.25, -0.2) is 4.98 Å². The van der Waals surface area contributed by atoms with Crippen LogP contribution in [0.4, 0.5) is 11.4 Å². The van der Waals surface area contributed by atoms with Crippen LogP contribution in [0, 0.1) is 16.0 Å². The summed E-state index contributed by atoms with van der Waals surface area (Å²) in [7, 11) is 0. The molecule has 8 heteroatoms. The van der Waals surface area contributed by atoms with Crippen molar-refractivity contribution in [2.75, 3.05) is 11.9 Å². The molecule has 2 N–H and O–H groups in total. The van der Waals surface area contributed by atoms with Gasteiger partial charge in [0.1, 0.15) is 5.69 Å². The molecule has 0 radical (unpaired) electrons. The molecule has 0 saturated heterocycles. The Kier molecular flexibility index (Phi) is 4.69. The van der Waals surface area contributed by atoms with Crippen LogP contribution in [-0.2, 0) is 4.79 Å². The Morgan fingerprint density at radius 2 is 2.33 bits per heavy atom. The number of hydrogen-bond acceptors (Lipinski definition) is 6. The number of anilines is 1. The lowest BCUT2D eigenvalue weighted by atomic mass is 10.1. The molecule has 0 aliphatic rings. The zero-order chi connectivity index (χ0) is 15.4. The molecular weight excluding hydrogens is 294 g/mol. The van der Waals surface area contributed by atoms with Crippen molar-refractivity contribution in [2.24, 2.45) is 5.92 Å². The number of nitro benzene ring substituents is 1. The Hall–Kier alpha value is -2.22. The van der Waals surface area contributed by atoms with E-state index in [2.05, 4.69) is 10.3 Å². The zero-order valence-electron chi connectivity index (χ0n) is 11.4. The highest BCUT2D eigenvalue weighted by atomic mass is 32.1. The number of nitrogens with zero attached hydrogens (tertiary/aromatic N) is 2. The van der Waals surface area contributed by atoms with E-state index in [1.54, 1.807) is 24.6 Å². The Morgan fingerprint density at radius 1 is 1.57 bits per heavy atom. The molecule has 0 saturated carbocycles. The standard InChI is InChI=1S/C13H15N3O4S/c1-8(13(17)18)3-2-6-14-9-4-5-10-11(15-7-21-10)12(9)16(19)20/h4-5,7-8,14H,2-3,6H2,1H3,(H,17,18). The number of thiazole rings is 1. The number of carbonyl (C=O) groups is 1. The lowest BCUT2D eigenvalue weighted by Crippen LogP contribution is -2.12. The first-order valence-electron chi connectivity index (χ1n) is 6.48. The highest BCUT2D eigenvalue weighted by Crippen LogP contribution is 2.34. The van der Waals surface area contributed by atoms with Gasteiger partial charge in [-0.3, -0.25) is 14.9 Å². The molecule has 0 bridgehead atoms. The van der Waals surface area contributed by atoms with Gasteiger partial charge in [-0.15, -0.1) is 11.3 Å². The fourth-order valence-electron chi connectivity index (χ4n) is 2.00. The molecule has 0 amide bonds. The van der Waals surface area contributed by atoms with Gasteiger partial charge in [0.05, 0.1) is 21.1 Å². The summed E-state index contributed by atoms with van der Waals surface area (Å²) in [5.41, 5.74) is 2.35. The van der Waals surface area contributed by atoms with E-state index in [9.17, 15) is 14.9 Å². The third kappa shape index (κ3) is 3.46. The Bertz CT molecular complexity index is 670. The molecule has 0 fully saturated rings. The molecule has 2 aromatic rings. The van der Waals surface area contributed by atoms with Crippen molar-refractivity contribution < 1.29 is 14.8 Å². The van der Waals surface area contributed by atoms with Gasteiger partial charge in [-0.1, -0.05) is 6.92 Å². The summed E-state index contributed by atoms with van der Waals surface area (Å²) in [6.45, 7) is 2.13. The number of carboxylic acids is 1. The lowest BCUT2D eigenvalue weighted by Gasteiger charge is -2.09. The second-order valence-corrected chi connectivity index (χ2v) is 5.61. The predicted molar refractivity (Wildman–Crippen MR) is 80.8 cm³/mol. The second kappa shape index (κ2) is 6.49. The van der Waals surface area contributed by atoms with Crippen molar-refractivity contribution in [3.63, 3.8) is 0 Å². The first kappa shape index (κ1) is 15.2. The number of aromatic nitrogens is 1. The number of aliphatic carboxylic acids is 1.